The Kier molecular flexibility index (Phi) is 5.71. The van der Waals surface area contributed by atoms with Crippen LogP contribution in [0.4, 0.5) is 0 Å². The molecule has 0 radical (unpaired) electrons. The Hall–Kier alpha value is -0.550. The Morgan fingerprint density at radius 3 is 2.73 bits per heavy atom. The average molecular weight is 208 g/mol. The molecule has 1 fully saturated rings. The lowest BCUT2D eigenvalue weighted by Gasteiger charge is -2.36. The lowest BCUT2D eigenvalue weighted by atomic mass is 9.83. The predicted octanol–water partition coefficient (Wildman–Crippen LogP) is 3.19. The van der Waals surface area contributed by atoms with Crippen molar-refractivity contribution in [1.82, 2.24) is 4.90 Å². The van der Waals surface area contributed by atoms with E-state index in [1.807, 2.05) is 0 Å². The first-order valence-electron chi connectivity index (χ1n) is 6.42. The van der Waals surface area contributed by atoms with Crippen LogP contribution in [0.5, 0.6) is 0 Å². The van der Waals surface area contributed by atoms with Crippen LogP contribution in [0, 0.1) is 17.2 Å². The molecule has 0 N–H and O–H groups in total. The van der Waals surface area contributed by atoms with Crippen molar-refractivity contribution in [2.45, 2.75) is 58.4 Å². The largest absolute Gasteiger partial charge is 0.300 e. The van der Waals surface area contributed by atoms with Crippen molar-refractivity contribution in [1.29, 1.82) is 5.26 Å². The van der Waals surface area contributed by atoms with Crippen LogP contribution in [-0.2, 0) is 0 Å². The zero-order valence-electron chi connectivity index (χ0n) is 10.2. The van der Waals surface area contributed by atoms with Gasteiger partial charge in [0.15, 0.2) is 0 Å². The quantitative estimate of drug-likeness (QED) is 0.694. The number of nitrogens with zero attached hydrogens (tertiary/aromatic N) is 2. The van der Waals surface area contributed by atoms with Gasteiger partial charge < -0.3 is 0 Å². The van der Waals surface area contributed by atoms with Gasteiger partial charge in [-0.15, -0.1) is 0 Å². The number of hydrogen-bond donors (Lipinski definition) is 0. The molecule has 15 heavy (non-hydrogen) atoms. The highest BCUT2D eigenvalue weighted by molar-refractivity contribution is 4.81. The molecule has 0 saturated heterocycles. The van der Waals surface area contributed by atoms with Gasteiger partial charge in [-0.05, 0) is 25.3 Å². The van der Waals surface area contributed by atoms with Crippen molar-refractivity contribution < 1.29 is 0 Å². The van der Waals surface area contributed by atoms with E-state index in [2.05, 4.69) is 24.8 Å². The zero-order valence-corrected chi connectivity index (χ0v) is 10.2. The molecule has 1 saturated carbocycles. The van der Waals surface area contributed by atoms with Crippen LogP contribution in [0.3, 0.4) is 0 Å². The Morgan fingerprint density at radius 1 is 1.33 bits per heavy atom. The molecular weight excluding hydrogens is 184 g/mol. The maximum absolute atomic E-state index is 8.63. The molecule has 1 aliphatic carbocycles. The highest BCUT2D eigenvalue weighted by Crippen LogP contribution is 2.29. The number of hydrogen-bond acceptors (Lipinski definition) is 2. The molecule has 0 aromatic carbocycles. The van der Waals surface area contributed by atoms with Crippen LogP contribution in [0.2, 0.25) is 0 Å². The molecule has 0 bridgehead atoms. The summed E-state index contributed by atoms with van der Waals surface area (Å²) in [5, 5.41) is 8.63. The molecule has 0 aromatic rings. The standard InChI is InChI=1S/C13H24N2/c1-3-12-7-5-8-13(11-12)15(4-2)10-6-9-14/h12-13H,3-8,10-11H2,1-2H3. The molecule has 86 valence electrons. The van der Waals surface area contributed by atoms with Crippen molar-refractivity contribution in [3.05, 3.63) is 0 Å². The Bertz CT molecular complexity index is 207. The fourth-order valence-electron chi connectivity index (χ4n) is 2.76. The molecule has 1 aliphatic rings. The third-order valence-electron chi connectivity index (χ3n) is 3.77. The molecule has 2 atom stereocenters. The predicted molar refractivity (Wildman–Crippen MR) is 63.5 cm³/mol. The molecule has 1 rings (SSSR count). The topological polar surface area (TPSA) is 27.0 Å². The minimum atomic E-state index is 0.682. The maximum Gasteiger partial charge on any atom is 0.0635 e. The van der Waals surface area contributed by atoms with Gasteiger partial charge in [-0.2, -0.15) is 5.26 Å². The van der Waals surface area contributed by atoms with Crippen LogP contribution in [0.25, 0.3) is 0 Å². The molecular formula is C13H24N2. The summed E-state index contributed by atoms with van der Waals surface area (Å²) in [5.41, 5.74) is 0. The van der Waals surface area contributed by atoms with E-state index in [-0.39, 0.29) is 0 Å². The van der Waals surface area contributed by atoms with Crippen molar-refractivity contribution >= 4 is 0 Å². The second-order valence-corrected chi connectivity index (χ2v) is 4.63. The first kappa shape index (κ1) is 12.5. The van der Waals surface area contributed by atoms with Gasteiger partial charge in [0.05, 0.1) is 6.07 Å². The van der Waals surface area contributed by atoms with Gasteiger partial charge in [-0.1, -0.05) is 33.1 Å². The van der Waals surface area contributed by atoms with Gasteiger partial charge in [0, 0.05) is 19.0 Å². The molecule has 2 nitrogen and oxygen atoms in total. The van der Waals surface area contributed by atoms with Gasteiger partial charge in [0.2, 0.25) is 0 Å². The molecule has 2 unspecified atom stereocenters. The molecule has 0 aromatic heterocycles. The van der Waals surface area contributed by atoms with Crippen LogP contribution in [-0.4, -0.2) is 24.0 Å². The van der Waals surface area contributed by atoms with Gasteiger partial charge in [-0.3, -0.25) is 4.90 Å². The molecule has 0 aliphatic heterocycles. The van der Waals surface area contributed by atoms with Gasteiger partial charge in [0.1, 0.15) is 0 Å². The second kappa shape index (κ2) is 6.85. The molecule has 2 heteroatoms. The maximum atomic E-state index is 8.63. The third kappa shape index (κ3) is 3.83. The third-order valence-corrected chi connectivity index (χ3v) is 3.77. The second-order valence-electron chi connectivity index (χ2n) is 4.63. The van der Waals surface area contributed by atoms with Gasteiger partial charge in [0.25, 0.3) is 0 Å². The highest BCUT2D eigenvalue weighted by atomic mass is 15.1. The van der Waals surface area contributed by atoms with Crippen molar-refractivity contribution in [2.75, 3.05) is 13.1 Å². The summed E-state index contributed by atoms with van der Waals surface area (Å²) < 4.78 is 0. The lowest BCUT2D eigenvalue weighted by Crippen LogP contribution is -2.39. The van der Waals surface area contributed by atoms with Crippen LogP contribution < -0.4 is 0 Å². The summed E-state index contributed by atoms with van der Waals surface area (Å²) >= 11 is 0. The summed E-state index contributed by atoms with van der Waals surface area (Å²) in [5.74, 6) is 0.930. The van der Waals surface area contributed by atoms with E-state index in [0.717, 1.165) is 25.0 Å². The van der Waals surface area contributed by atoms with E-state index < -0.39 is 0 Å². The van der Waals surface area contributed by atoms with E-state index in [1.54, 1.807) is 0 Å². The van der Waals surface area contributed by atoms with Crippen LogP contribution >= 0.6 is 0 Å². The summed E-state index contributed by atoms with van der Waals surface area (Å²) in [6, 6.07) is 3.01. The Morgan fingerprint density at radius 2 is 2.13 bits per heavy atom. The summed E-state index contributed by atoms with van der Waals surface area (Å²) in [4.78, 5) is 2.50. The van der Waals surface area contributed by atoms with E-state index in [0.29, 0.717) is 6.42 Å². The Labute approximate surface area is 94.3 Å². The zero-order chi connectivity index (χ0) is 11.1. The SMILES string of the molecule is CCC1CCCC(N(CC)CCC#N)C1. The number of nitriles is 1. The van der Waals surface area contributed by atoms with Crippen LogP contribution in [0.1, 0.15) is 52.4 Å². The Balaban J connectivity index is 2.41. The molecule has 0 heterocycles. The van der Waals surface area contributed by atoms with E-state index in [9.17, 15) is 0 Å². The average Bonchev–Trinajstić information content (AvgIpc) is 2.30. The summed E-state index contributed by atoms with van der Waals surface area (Å²) in [6.07, 6.45) is 7.51. The van der Waals surface area contributed by atoms with Crippen molar-refractivity contribution in [3.63, 3.8) is 0 Å². The molecule has 0 amide bonds. The first-order valence-corrected chi connectivity index (χ1v) is 6.42. The minimum absolute atomic E-state index is 0.682. The summed E-state index contributed by atoms with van der Waals surface area (Å²) in [6.45, 7) is 6.59. The minimum Gasteiger partial charge on any atom is -0.300 e. The monoisotopic (exact) mass is 208 g/mol. The smallest absolute Gasteiger partial charge is 0.0635 e. The fraction of sp³-hybridized carbons (Fsp3) is 0.923. The van der Waals surface area contributed by atoms with Crippen molar-refractivity contribution in [3.8, 4) is 6.07 Å². The van der Waals surface area contributed by atoms with Crippen LogP contribution in [0.15, 0.2) is 0 Å². The normalized spacial score (nSPS) is 26.5. The van der Waals surface area contributed by atoms with Crippen molar-refractivity contribution in [2.24, 2.45) is 5.92 Å². The van der Waals surface area contributed by atoms with Gasteiger partial charge in [-0.25, -0.2) is 0 Å². The molecule has 0 spiro atoms. The van der Waals surface area contributed by atoms with E-state index >= 15 is 0 Å². The fourth-order valence-corrected chi connectivity index (χ4v) is 2.76. The first-order chi connectivity index (χ1) is 7.31. The number of rotatable bonds is 5. The van der Waals surface area contributed by atoms with Gasteiger partial charge >= 0.3 is 0 Å². The highest BCUT2D eigenvalue weighted by Gasteiger charge is 2.24. The van der Waals surface area contributed by atoms with E-state index in [4.69, 9.17) is 5.26 Å². The van der Waals surface area contributed by atoms with E-state index in [1.165, 1.54) is 32.1 Å². The summed E-state index contributed by atoms with van der Waals surface area (Å²) in [7, 11) is 0. The lowest BCUT2D eigenvalue weighted by molar-refractivity contribution is 0.136.